The van der Waals surface area contributed by atoms with Crippen LogP contribution in [-0.2, 0) is 11.0 Å². The van der Waals surface area contributed by atoms with Gasteiger partial charge in [0.25, 0.3) is 0 Å². The first-order valence-electron chi connectivity index (χ1n) is 5.35. The van der Waals surface area contributed by atoms with Gasteiger partial charge < -0.3 is 11.1 Å². The molecule has 0 bridgehead atoms. The molecule has 5 nitrogen and oxygen atoms in total. The topological polar surface area (TPSA) is 84.2 Å². The number of nitrogens with one attached hydrogen (secondary N) is 2. The van der Waals surface area contributed by atoms with Crippen molar-refractivity contribution in [3.05, 3.63) is 28.8 Å². The molecule has 110 valence electrons. The molecule has 3 amide bonds. The Kier molecular flexibility index (Phi) is 4.83. The number of amides is 3. The van der Waals surface area contributed by atoms with Crippen LogP contribution in [0.25, 0.3) is 0 Å². The number of anilines is 1. The van der Waals surface area contributed by atoms with Crippen molar-refractivity contribution in [2.24, 2.45) is 5.73 Å². The summed E-state index contributed by atoms with van der Waals surface area (Å²) in [5, 5.41) is 4.29. The maximum Gasteiger partial charge on any atom is 0.416 e. The van der Waals surface area contributed by atoms with E-state index in [1.807, 2.05) is 0 Å². The van der Waals surface area contributed by atoms with Crippen LogP contribution in [0.3, 0.4) is 0 Å². The largest absolute Gasteiger partial charge is 0.416 e. The van der Waals surface area contributed by atoms with E-state index in [-0.39, 0.29) is 10.7 Å². The molecule has 1 atom stereocenters. The molecule has 1 unspecified atom stereocenters. The summed E-state index contributed by atoms with van der Waals surface area (Å²) in [5.74, 6) is -0.786. The first-order valence-corrected chi connectivity index (χ1v) is 5.72. The normalized spacial score (nSPS) is 12.7. The standard InChI is InChI=1S/C11H11ClF3N3O2/c1-5(9(19)18-10(16)20)17-8-4-6(11(13,14)15)2-3-7(8)12/h2-5,17H,1H3,(H3,16,18,19,20). The van der Waals surface area contributed by atoms with Gasteiger partial charge in [-0.05, 0) is 25.1 Å². The minimum Gasteiger partial charge on any atom is -0.373 e. The number of primary amides is 1. The third-order valence-electron chi connectivity index (χ3n) is 2.31. The lowest BCUT2D eigenvalue weighted by Crippen LogP contribution is -2.43. The fourth-order valence-corrected chi connectivity index (χ4v) is 1.51. The second kappa shape index (κ2) is 6.00. The number of imide groups is 1. The number of benzene rings is 1. The second-order valence-electron chi connectivity index (χ2n) is 3.91. The third-order valence-corrected chi connectivity index (χ3v) is 2.63. The average molecular weight is 310 g/mol. The lowest BCUT2D eigenvalue weighted by molar-refractivity contribution is -0.137. The highest BCUT2D eigenvalue weighted by atomic mass is 35.5. The van der Waals surface area contributed by atoms with E-state index < -0.39 is 29.7 Å². The number of alkyl halides is 3. The molecule has 20 heavy (non-hydrogen) atoms. The van der Waals surface area contributed by atoms with Crippen molar-refractivity contribution in [3.8, 4) is 0 Å². The summed E-state index contributed by atoms with van der Waals surface area (Å²) >= 11 is 5.75. The summed E-state index contributed by atoms with van der Waals surface area (Å²) < 4.78 is 37.7. The number of hydrogen-bond donors (Lipinski definition) is 3. The molecule has 0 aliphatic heterocycles. The van der Waals surface area contributed by atoms with Gasteiger partial charge in [-0.25, -0.2) is 4.79 Å². The van der Waals surface area contributed by atoms with Crippen LogP contribution < -0.4 is 16.4 Å². The zero-order valence-corrected chi connectivity index (χ0v) is 11.0. The van der Waals surface area contributed by atoms with Crippen molar-refractivity contribution in [1.82, 2.24) is 5.32 Å². The minimum absolute atomic E-state index is 0.0109. The molecule has 9 heteroatoms. The SMILES string of the molecule is CC(Nc1cc(C(F)(F)F)ccc1Cl)C(=O)NC(N)=O. The Balaban J connectivity index is 2.92. The van der Waals surface area contributed by atoms with E-state index in [0.29, 0.717) is 0 Å². The van der Waals surface area contributed by atoms with Crippen LogP contribution in [0.1, 0.15) is 12.5 Å². The van der Waals surface area contributed by atoms with Gasteiger partial charge in [0.15, 0.2) is 0 Å². The molecule has 1 aromatic rings. The molecule has 0 spiro atoms. The first-order chi connectivity index (χ1) is 9.11. The van der Waals surface area contributed by atoms with Crippen LogP contribution in [-0.4, -0.2) is 18.0 Å². The zero-order valence-electron chi connectivity index (χ0n) is 10.2. The van der Waals surface area contributed by atoms with Gasteiger partial charge in [0.05, 0.1) is 16.3 Å². The molecule has 1 rings (SSSR count). The Hall–Kier alpha value is -1.96. The van der Waals surface area contributed by atoms with Crippen LogP contribution in [0.5, 0.6) is 0 Å². The summed E-state index contributed by atoms with van der Waals surface area (Å²) in [6.07, 6.45) is -4.53. The lowest BCUT2D eigenvalue weighted by Gasteiger charge is -2.16. The number of carbonyl (C=O) groups excluding carboxylic acids is 2. The van der Waals surface area contributed by atoms with Gasteiger partial charge >= 0.3 is 12.2 Å². The first kappa shape index (κ1) is 16.1. The fraction of sp³-hybridized carbons (Fsp3) is 0.273. The summed E-state index contributed by atoms with van der Waals surface area (Å²) in [6.45, 7) is 1.34. The minimum atomic E-state index is -4.53. The fourth-order valence-electron chi connectivity index (χ4n) is 1.34. The highest BCUT2D eigenvalue weighted by Crippen LogP contribution is 2.33. The summed E-state index contributed by atoms with van der Waals surface area (Å²) in [5.41, 5.74) is 3.78. The quantitative estimate of drug-likeness (QED) is 0.801. The third kappa shape index (κ3) is 4.30. The lowest BCUT2D eigenvalue weighted by atomic mass is 10.1. The molecule has 4 N–H and O–H groups in total. The molecule has 0 aliphatic rings. The van der Waals surface area contributed by atoms with Crippen molar-refractivity contribution >= 4 is 29.2 Å². The molecule has 0 saturated carbocycles. The predicted octanol–water partition coefficient (Wildman–Crippen LogP) is 2.35. The average Bonchev–Trinajstić information content (AvgIpc) is 2.29. The van der Waals surface area contributed by atoms with Gasteiger partial charge in [-0.2, -0.15) is 13.2 Å². The molecule has 0 radical (unpaired) electrons. The van der Waals surface area contributed by atoms with E-state index in [1.165, 1.54) is 6.92 Å². The van der Waals surface area contributed by atoms with Crippen molar-refractivity contribution in [1.29, 1.82) is 0 Å². The number of halogens is 4. The Morgan fingerprint density at radius 3 is 2.45 bits per heavy atom. The van der Waals surface area contributed by atoms with Crippen molar-refractivity contribution in [3.63, 3.8) is 0 Å². The Labute approximate surface area is 117 Å². The molecule has 0 aliphatic carbocycles. The zero-order chi connectivity index (χ0) is 15.5. The predicted molar refractivity (Wildman–Crippen MR) is 67.3 cm³/mol. The van der Waals surface area contributed by atoms with Gasteiger partial charge in [0.2, 0.25) is 5.91 Å². The van der Waals surface area contributed by atoms with Crippen molar-refractivity contribution < 1.29 is 22.8 Å². The Bertz CT molecular complexity index is 534. The van der Waals surface area contributed by atoms with E-state index in [1.54, 1.807) is 5.32 Å². The molecular weight excluding hydrogens is 299 g/mol. The van der Waals surface area contributed by atoms with Crippen LogP contribution in [0, 0.1) is 0 Å². The van der Waals surface area contributed by atoms with E-state index in [2.05, 4.69) is 5.32 Å². The Morgan fingerprint density at radius 1 is 1.35 bits per heavy atom. The van der Waals surface area contributed by atoms with Gasteiger partial charge in [-0.1, -0.05) is 11.6 Å². The summed E-state index contributed by atoms with van der Waals surface area (Å²) in [7, 11) is 0. The van der Waals surface area contributed by atoms with E-state index in [9.17, 15) is 22.8 Å². The molecule has 1 aromatic carbocycles. The van der Waals surface area contributed by atoms with Crippen molar-refractivity contribution in [2.75, 3.05) is 5.32 Å². The van der Waals surface area contributed by atoms with Crippen LogP contribution in [0.4, 0.5) is 23.7 Å². The molecule has 0 aromatic heterocycles. The molecule has 0 saturated heterocycles. The van der Waals surface area contributed by atoms with Gasteiger partial charge in [0, 0.05) is 0 Å². The number of carbonyl (C=O) groups is 2. The van der Waals surface area contributed by atoms with E-state index in [0.717, 1.165) is 18.2 Å². The highest BCUT2D eigenvalue weighted by Gasteiger charge is 2.31. The van der Waals surface area contributed by atoms with Gasteiger partial charge in [-0.3, -0.25) is 10.1 Å². The molecule has 0 heterocycles. The second-order valence-corrected chi connectivity index (χ2v) is 4.32. The number of nitrogens with two attached hydrogens (primary N) is 1. The Morgan fingerprint density at radius 2 is 1.95 bits per heavy atom. The summed E-state index contributed by atoms with van der Waals surface area (Å²) in [4.78, 5) is 21.9. The molecule has 0 fully saturated rings. The molecular formula is C11H11ClF3N3O2. The van der Waals surface area contributed by atoms with Crippen LogP contribution >= 0.6 is 11.6 Å². The van der Waals surface area contributed by atoms with E-state index >= 15 is 0 Å². The van der Waals surface area contributed by atoms with Crippen LogP contribution in [0.15, 0.2) is 18.2 Å². The van der Waals surface area contributed by atoms with Gasteiger partial charge in [-0.15, -0.1) is 0 Å². The smallest absolute Gasteiger partial charge is 0.373 e. The maximum absolute atomic E-state index is 12.6. The van der Waals surface area contributed by atoms with Crippen molar-refractivity contribution in [2.45, 2.75) is 19.1 Å². The maximum atomic E-state index is 12.6. The van der Waals surface area contributed by atoms with E-state index in [4.69, 9.17) is 17.3 Å². The highest BCUT2D eigenvalue weighted by molar-refractivity contribution is 6.33. The van der Waals surface area contributed by atoms with Gasteiger partial charge in [0.1, 0.15) is 6.04 Å². The summed E-state index contributed by atoms with van der Waals surface area (Å²) in [6, 6.07) is 0.603. The number of hydrogen-bond acceptors (Lipinski definition) is 3. The number of rotatable bonds is 3. The number of urea groups is 1. The van der Waals surface area contributed by atoms with Crippen LogP contribution in [0.2, 0.25) is 5.02 Å². The monoisotopic (exact) mass is 309 g/mol.